The zero-order valence-electron chi connectivity index (χ0n) is 25.8. The Labute approximate surface area is 276 Å². The Bertz CT molecular complexity index is 2050. The lowest BCUT2D eigenvalue weighted by atomic mass is 9.92. The molecule has 7 nitrogen and oxygen atoms in total. The van der Waals surface area contributed by atoms with Crippen LogP contribution in [0.15, 0.2) is 115 Å². The number of benzene rings is 4. The van der Waals surface area contributed by atoms with E-state index >= 15 is 0 Å². The van der Waals surface area contributed by atoms with Crippen molar-refractivity contribution in [3.63, 3.8) is 0 Å². The van der Waals surface area contributed by atoms with Gasteiger partial charge in [0.05, 0.1) is 22.3 Å². The van der Waals surface area contributed by atoms with Crippen molar-refractivity contribution in [3.05, 3.63) is 149 Å². The molecule has 1 aliphatic heterocycles. The molecule has 6 aromatic rings. The van der Waals surface area contributed by atoms with Gasteiger partial charge in [-0.3, -0.25) is 9.59 Å². The minimum Gasteiger partial charge on any atom is -0.354 e. The fourth-order valence-electron chi connectivity index (χ4n) is 5.96. The standard InChI is InChI=1S/C38H32FN5O2S/c1-25-11-16-31(33(21-25)44-24-32(41-42-44)36-18-17-35(47-36)27-7-3-2-4-8-27)38(46)43-23-29-10-6-5-9-28(29)22-34(43)37(45)40-20-19-26-12-14-30(39)15-13-26/h2-18,21,24,34H,19-20,22-23H2,1H3,(H,40,45). The van der Waals surface area contributed by atoms with Crippen molar-refractivity contribution in [2.45, 2.75) is 32.4 Å². The molecule has 3 heterocycles. The maximum atomic E-state index is 14.4. The molecular formula is C38H32FN5O2S. The summed E-state index contributed by atoms with van der Waals surface area (Å²) in [7, 11) is 0. The fraction of sp³-hybridized carbons (Fsp3) is 0.158. The van der Waals surface area contributed by atoms with E-state index in [1.165, 1.54) is 12.1 Å². The average molecular weight is 642 g/mol. The predicted molar refractivity (Wildman–Crippen MR) is 182 cm³/mol. The summed E-state index contributed by atoms with van der Waals surface area (Å²) in [4.78, 5) is 31.9. The van der Waals surface area contributed by atoms with Gasteiger partial charge in [-0.05, 0) is 77.6 Å². The van der Waals surface area contributed by atoms with Crippen molar-refractivity contribution in [1.82, 2.24) is 25.2 Å². The number of halogens is 1. The topological polar surface area (TPSA) is 80.1 Å². The lowest BCUT2D eigenvalue weighted by Gasteiger charge is -2.36. The molecule has 1 atom stereocenters. The van der Waals surface area contributed by atoms with Gasteiger partial charge in [-0.15, -0.1) is 16.4 Å². The van der Waals surface area contributed by atoms with Gasteiger partial charge < -0.3 is 10.2 Å². The summed E-state index contributed by atoms with van der Waals surface area (Å²) in [5.41, 5.74) is 6.84. The second-order valence-corrected chi connectivity index (χ2v) is 12.8. The molecule has 0 saturated heterocycles. The van der Waals surface area contributed by atoms with Gasteiger partial charge in [0.1, 0.15) is 17.6 Å². The molecule has 1 unspecified atom stereocenters. The number of amides is 2. The first kappa shape index (κ1) is 30.3. The van der Waals surface area contributed by atoms with E-state index in [0.717, 1.165) is 37.6 Å². The molecule has 234 valence electrons. The zero-order valence-corrected chi connectivity index (χ0v) is 26.6. The smallest absolute Gasteiger partial charge is 0.257 e. The number of hydrogen-bond donors (Lipinski definition) is 1. The minimum atomic E-state index is -0.700. The predicted octanol–water partition coefficient (Wildman–Crippen LogP) is 7.04. The summed E-state index contributed by atoms with van der Waals surface area (Å²) in [6.07, 6.45) is 2.80. The Balaban J connectivity index is 1.16. The van der Waals surface area contributed by atoms with Gasteiger partial charge in [0.15, 0.2) is 0 Å². The average Bonchev–Trinajstić information content (AvgIpc) is 3.80. The third-order valence-corrected chi connectivity index (χ3v) is 9.64. The molecule has 1 aliphatic rings. The maximum Gasteiger partial charge on any atom is 0.257 e. The molecule has 4 aromatic carbocycles. The number of fused-ring (bicyclic) bond motifs is 1. The number of hydrogen-bond acceptors (Lipinski definition) is 5. The molecule has 2 aromatic heterocycles. The van der Waals surface area contributed by atoms with Gasteiger partial charge >= 0.3 is 0 Å². The van der Waals surface area contributed by atoms with Crippen LogP contribution in [0.3, 0.4) is 0 Å². The Morgan fingerprint density at radius 1 is 0.894 bits per heavy atom. The molecule has 7 rings (SSSR count). The number of aromatic nitrogens is 3. The van der Waals surface area contributed by atoms with Crippen LogP contribution >= 0.6 is 11.3 Å². The van der Waals surface area contributed by atoms with E-state index in [1.807, 2.05) is 73.8 Å². The molecule has 2 amide bonds. The zero-order chi connectivity index (χ0) is 32.3. The minimum absolute atomic E-state index is 0.224. The van der Waals surface area contributed by atoms with E-state index in [4.69, 9.17) is 0 Å². The number of carbonyl (C=O) groups is 2. The van der Waals surface area contributed by atoms with Crippen LogP contribution in [0.5, 0.6) is 0 Å². The Morgan fingerprint density at radius 2 is 1.64 bits per heavy atom. The van der Waals surface area contributed by atoms with Gasteiger partial charge in [0.25, 0.3) is 5.91 Å². The number of thiophene rings is 1. The normalized spacial score (nSPS) is 14.1. The largest absolute Gasteiger partial charge is 0.354 e. The summed E-state index contributed by atoms with van der Waals surface area (Å²) >= 11 is 1.63. The number of nitrogens with one attached hydrogen (secondary N) is 1. The molecule has 0 aliphatic carbocycles. The van der Waals surface area contributed by atoms with Gasteiger partial charge in [-0.2, -0.15) is 0 Å². The van der Waals surface area contributed by atoms with Crippen molar-refractivity contribution in [3.8, 4) is 26.7 Å². The van der Waals surface area contributed by atoms with Crippen LogP contribution in [0, 0.1) is 12.7 Å². The van der Waals surface area contributed by atoms with Crippen molar-refractivity contribution >= 4 is 23.2 Å². The van der Waals surface area contributed by atoms with Gasteiger partial charge in [-0.25, -0.2) is 9.07 Å². The second-order valence-electron chi connectivity index (χ2n) is 11.7. The van der Waals surface area contributed by atoms with E-state index < -0.39 is 6.04 Å². The monoisotopic (exact) mass is 641 g/mol. The molecule has 47 heavy (non-hydrogen) atoms. The van der Waals surface area contributed by atoms with Crippen LogP contribution in [0.1, 0.15) is 32.6 Å². The lowest BCUT2D eigenvalue weighted by Crippen LogP contribution is -2.53. The summed E-state index contributed by atoms with van der Waals surface area (Å²) in [5, 5.41) is 11.9. The van der Waals surface area contributed by atoms with Gasteiger partial charge in [-0.1, -0.05) is 78.0 Å². The van der Waals surface area contributed by atoms with Gasteiger partial charge in [0, 0.05) is 24.4 Å². The van der Waals surface area contributed by atoms with E-state index in [9.17, 15) is 14.0 Å². The SMILES string of the molecule is Cc1ccc(C(=O)N2Cc3ccccc3CC2C(=O)NCCc2ccc(F)cc2)c(-n2cc(-c3ccc(-c4ccccc4)s3)nn2)c1. The first-order valence-electron chi connectivity index (χ1n) is 15.5. The van der Waals surface area contributed by atoms with Crippen molar-refractivity contribution in [1.29, 1.82) is 0 Å². The highest BCUT2D eigenvalue weighted by atomic mass is 32.1. The highest BCUT2D eigenvalue weighted by Crippen LogP contribution is 2.34. The first-order valence-corrected chi connectivity index (χ1v) is 16.3. The lowest BCUT2D eigenvalue weighted by molar-refractivity contribution is -0.126. The highest BCUT2D eigenvalue weighted by Gasteiger charge is 2.36. The molecule has 0 bridgehead atoms. The molecule has 1 N–H and O–H groups in total. The van der Waals surface area contributed by atoms with Crippen LogP contribution in [-0.4, -0.2) is 44.3 Å². The maximum absolute atomic E-state index is 14.4. The molecule has 0 saturated carbocycles. The van der Waals surface area contributed by atoms with Crippen LogP contribution in [0.4, 0.5) is 4.39 Å². The molecule has 0 spiro atoms. The fourth-order valence-corrected chi connectivity index (χ4v) is 6.93. The first-order chi connectivity index (χ1) is 22.9. The van der Waals surface area contributed by atoms with Crippen molar-refractivity contribution < 1.29 is 14.0 Å². The van der Waals surface area contributed by atoms with E-state index in [2.05, 4.69) is 33.8 Å². The van der Waals surface area contributed by atoms with Crippen LogP contribution in [-0.2, 0) is 24.2 Å². The van der Waals surface area contributed by atoms with Crippen molar-refractivity contribution in [2.75, 3.05) is 6.54 Å². The third-order valence-electron chi connectivity index (χ3n) is 8.48. The summed E-state index contributed by atoms with van der Waals surface area (Å²) < 4.78 is 15.0. The van der Waals surface area contributed by atoms with Crippen LogP contribution in [0.25, 0.3) is 26.7 Å². The molecule has 9 heteroatoms. The number of carbonyl (C=O) groups excluding carboxylic acids is 2. The molecule has 0 fully saturated rings. The Kier molecular flexibility index (Phi) is 8.46. The van der Waals surface area contributed by atoms with Crippen LogP contribution < -0.4 is 5.32 Å². The van der Waals surface area contributed by atoms with Crippen LogP contribution in [0.2, 0.25) is 0 Å². The Morgan fingerprint density at radius 3 is 2.45 bits per heavy atom. The third kappa shape index (κ3) is 6.48. The summed E-state index contributed by atoms with van der Waals surface area (Å²) in [5.74, 6) is -0.777. The Hall–Kier alpha value is -5.41. The summed E-state index contributed by atoms with van der Waals surface area (Å²) in [6, 6.07) is 33.4. The van der Waals surface area contributed by atoms with E-state index in [0.29, 0.717) is 42.9 Å². The van der Waals surface area contributed by atoms with E-state index in [1.54, 1.807) is 39.1 Å². The van der Waals surface area contributed by atoms with E-state index in [-0.39, 0.29) is 17.6 Å². The highest BCUT2D eigenvalue weighted by molar-refractivity contribution is 7.18. The molecule has 0 radical (unpaired) electrons. The van der Waals surface area contributed by atoms with Gasteiger partial charge in [0.2, 0.25) is 5.91 Å². The number of aryl methyl sites for hydroxylation is 1. The quantitative estimate of drug-likeness (QED) is 0.194. The molecular weight excluding hydrogens is 610 g/mol. The number of rotatable bonds is 8. The summed E-state index contributed by atoms with van der Waals surface area (Å²) in [6.45, 7) is 2.64. The second kappa shape index (κ2) is 13.1. The van der Waals surface area contributed by atoms with Crippen molar-refractivity contribution in [2.24, 2.45) is 0 Å². The number of nitrogens with zero attached hydrogens (tertiary/aromatic N) is 4.